The highest BCUT2D eigenvalue weighted by atomic mass is 19.4. The highest BCUT2D eigenvalue weighted by Crippen LogP contribution is 2.29. The lowest BCUT2D eigenvalue weighted by Crippen LogP contribution is -2.52. The van der Waals surface area contributed by atoms with Gasteiger partial charge in [-0.2, -0.15) is 13.2 Å². The van der Waals surface area contributed by atoms with Gasteiger partial charge in [-0.1, -0.05) is 12.1 Å². The molecule has 1 aromatic rings. The molecule has 2 rings (SSSR count). The number of nitrogens with one attached hydrogen (secondary N) is 2. The van der Waals surface area contributed by atoms with Crippen LogP contribution >= 0.6 is 0 Å². The van der Waals surface area contributed by atoms with Gasteiger partial charge in [0, 0.05) is 6.42 Å². The third-order valence-corrected chi connectivity index (χ3v) is 3.36. The second-order valence-electron chi connectivity index (χ2n) is 5.26. The van der Waals surface area contributed by atoms with Crippen LogP contribution in [0.2, 0.25) is 0 Å². The van der Waals surface area contributed by atoms with Gasteiger partial charge in [0.1, 0.15) is 12.6 Å². The van der Waals surface area contributed by atoms with Gasteiger partial charge in [-0.15, -0.1) is 0 Å². The van der Waals surface area contributed by atoms with E-state index in [1.54, 1.807) is 0 Å². The van der Waals surface area contributed by atoms with E-state index in [1.807, 2.05) is 0 Å². The Kier molecular flexibility index (Phi) is 5.55. The first-order valence-corrected chi connectivity index (χ1v) is 7.12. The van der Waals surface area contributed by atoms with Crippen LogP contribution in [0.1, 0.15) is 24.0 Å². The maximum Gasteiger partial charge on any atom is 0.416 e. The lowest BCUT2D eigenvalue weighted by molar-refractivity contribution is -0.138. The molecule has 6 nitrogen and oxygen atoms in total. The maximum absolute atomic E-state index is 12.4. The zero-order valence-electron chi connectivity index (χ0n) is 12.5. The van der Waals surface area contributed by atoms with E-state index >= 15 is 0 Å². The van der Waals surface area contributed by atoms with Crippen molar-refractivity contribution in [2.75, 3.05) is 6.61 Å². The zero-order chi connectivity index (χ0) is 17.7. The van der Waals surface area contributed by atoms with E-state index in [0.717, 1.165) is 12.1 Å². The van der Waals surface area contributed by atoms with E-state index in [0.29, 0.717) is 5.56 Å². The molecule has 1 aliphatic heterocycles. The van der Waals surface area contributed by atoms with Crippen LogP contribution in [0.25, 0.3) is 0 Å². The summed E-state index contributed by atoms with van der Waals surface area (Å²) in [5, 5.41) is 4.54. The topological polar surface area (TPSA) is 84.5 Å². The summed E-state index contributed by atoms with van der Waals surface area (Å²) in [6.45, 7) is -0.389. The van der Waals surface area contributed by atoms with E-state index in [1.165, 1.54) is 12.1 Å². The molecule has 1 fully saturated rings. The van der Waals surface area contributed by atoms with Crippen molar-refractivity contribution in [3.05, 3.63) is 35.4 Å². The van der Waals surface area contributed by atoms with Crippen molar-refractivity contribution in [3.8, 4) is 0 Å². The number of imide groups is 1. The Labute approximate surface area is 135 Å². The molecule has 0 saturated carbocycles. The molecule has 0 aliphatic carbocycles. The van der Waals surface area contributed by atoms with Crippen LogP contribution in [0.3, 0.4) is 0 Å². The normalized spacial score (nSPS) is 18.2. The van der Waals surface area contributed by atoms with Crippen molar-refractivity contribution in [1.29, 1.82) is 0 Å². The Morgan fingerprint density at radius 1 is 1.25 bits per heavy atom. The van der Waals surface area contributed by atoms with E-state index in [9.17, 15) is 27.6 Å². The summed E-state index contributed by atoms with van der Waals surface area (Å²) in [6.07, 6.45) is -4.04. The Morgan fingerprint density at radius 3 is 2.50 bits per heavy atom. The summed E-state index contributed by atoms with van der Waals surface area (Å²) >= 11 is 0. The molecule has 1 aliphatic rings. The first-order chi connectivity index (χ1) is 11.3. The second-order valence-corrected chi connectivity index (χ2v) is 5.26. The smallest absolute Gasteiger partial charge is 0.367 e. The molecule has 1 heterocycles. The van der Waals surface area contributed by atoms with Crippen molar-refractivity contribution in [1.82, 2.24) is 10.6 Å². The number of rotatable bonds is 5. The molecule has 24 heavy (non-hydrogen) atoms. The molecular formula is C15H15F3N2O4. The van der Waals surface area contributed by atoms with Crippen LogP contribution in [0.4, 0.5) is 13.2 Å². The Morgan fingerprint density at radius 2 is 1.92 bits per heavy atom. The predicted octanol–water partition coefficient (Wildman–Crippen LogP) is 1.14. The van der Waals surface area contributed by atoms with Gasteiger partial charge in [0.2, 0.25) is 17.7 Å². The lowest BCUT2D eigenvalue weighted by atomic mass is 10.1. The summed E-state index contributed by atoms with van der Waals surface area (Å²) in [6, 6.07) is 3.61. The molecule has 1 saturated heterocycles. The Bertz CT molecular complexity index is 629. The number of ether oxygens (including phenoxy) is 1. The number of carbonyl (C=O) groups excluding carboxylic acids is 3. The molecule has 9 heteroatoms. The highest BCUT2D eigenvalue weighted by Gasteiger charge is 2.30. The summed E-state index contributed by atoms with van der Waals surface area (Å²) < 4.78 is 42.4. The largest absolute Gasteiger partial charge is 0.416 e. The maximum atomic E-state index is 12.4. The van der Waals surface area contributed by atoms with E-state index in [2.05, 4.69) is 10.6 Å². The third-order valence-electron chi connectivity index (χ3n) is 3.36. The standard InChI is InChI=1S/C15H15F3N2O4/c16-15(17,18)10-3-1-9(2-4-10)7-24-8-13(22)19-11-5-6-12(21)20-14(11)23/h1-4,11H,5-8H2,(H,19,22)(H,20,21,23)/t11-/m1/s1. The van der Waals surface area contributed by atoms with Gasteiger partial charge in [-0.05, 0) is 24.1 Å². The lowest BCUT2D eigenvalue weighted by Gasteiger charge is -2.21. The van der Waals surface area contributed by atoms with E-state index < -0.39 is 29.6 Å². The first kappa shape index (κ1) is 17.9. The zero-order valence-corrected chi connectivity index (χ0v) is 12.5. The van der Waals surface area contributed by atoms with Crippen molar-refractivity contribution < 1.29 is 32.3 Å². The van der Waals surface area contributed by atoms with E-state index in [4.69, 9.17) is 4.74 Å². The number of piperidine rings is 1. The molecule has 0 aromatic heterocycles. The van der Waals surface area contributed by atoms with Crippen LogP contribution in [0, 0.1) is 0 Å². The number of halogens is 3. The molecule has 0 radical (unpaired) electrons. The molecule has 0 spiro atoms. The van der Waals surface area contributed by atoms with Gasteiger partial charge in [0.05, 0.1) is 12.2 Å². The van der Waals surface area contributed by atoms with Gasteiger partial charge in [-0.3, -0.25) is 19.7 Å². The average Bonchev–Trinajstić information content (AvgIpc) is 2.50. The predicted molar refractivity (Wildman–Crippen MR) is 75.4 cm³/mol. The van der Waals surface area contributed by atoms with Crippen molar-refractivity contribution in [2.45, 2.75) is 31.7 Å². The summed E-state index contributed by atoms with van der Waals surface area (Å²) in [5.41, 5.74) is -0.279. The fourth-order valence-electron chi connectivity index (χ4n) is 2.12. The van der Waals surface area contributed by atoms with Crippen molar-refractivity contribution in [3.63, 3.8) is 0 Å². The second kappa shape index (κ2) is 7.43. The van der Waals surface area contributed by atoms with Crippen molar-refractivity contribution >= 4 is 17.7 Å². The molecular weight excluding hydrogens is 329 g/mol. The molecule has 0 unspecified atom stereocenters. The number of benzene rings is 1. The molecule has 3 amide bonds. The van der Waals surface area contributed by atoms with Gasteiger partial charge < -0.3 is 10.1 Å². The van der Waals surface area contributed by atoms with E-state index in [-0.39, 0.29) is 32.0 Å². The highest BCUT2D eigenvalue weighted by molar-refractivity contribution is 6.01. The summed E-state index contributed by atoms with van der Waals surface area (Å²) in [4.78, 5) is 34.1. The van der Waals surface area contributed by atoms with Gasteiger partial charge >= 0.3 is 6.18 Å². The fraction of sp³-hybridized carbons (Fsp3) is 0.400. The number of hydrogen-bond donors (Lipinski definition) is 2. The van der Waals surface area contributed by atoms with Gasteiger partial charge in [-0.25, -0.2) is 0 Å². The molecule has 1 aromatic carbocycles. The Hall–Kier alpha value is -2.42. The minimum absolute atomic E-state index is 0.0408. The van der Waals surface area contributed by atoms with Crippen LogP contribution in [0.15, 0.2) is 24.3 Å². The molecule has 2 N–H and O–H groups in total. The third kappa shape index (κ3) is 5.05. The van der Waals surface area contributed by atoms with Crippen LogP contribution < -0.4 is 10.6 Å². The average molecular weight is 344 g/mol. The van der Waals surface area contributed by atoms with Crippen LogP contribution in [0.5, 0.6) is 0 Å². The number of carbonyl (C=O) groups is 3. The SMILES string of the molecule is O=C1CC[C@@H](NC(=O)COCc2ccc(C(F)(F)F)cc2)C(=O)N1. The van der Waals surface area contributed by atoms with Gasteiger partial charge in [0.15, 0.2) is 0 Å². The monoisotopic (exact) mass is 344 g/mol. The summed E-state index contributed by atoms with van der Waals surface area (Å²) in [5.74, 6) is -1.50. The number of hydrogen-bond acceptors (Lipinski definition) is 4. The van der Waals surface area contributed by atoms with Gasteiger partial charge in [0.25, 0.3) is 0 Å². The summed E-state index contributed by atoms with van der Waals surface area (Å²) in [7, 11) is 0. The van der Waals surface area contributed by atoms with Crippen molar-refractivity contribution in [2.24, 2.45) is 0 Å². The Balaban J connectivity index is 1.74. The quantitative estimate of drug-likeness (QED) is 0.785. The first-order valence-electron chi connectivity index (χ1n) is 7.12. The minimum Gasteiger partial charge on any atom is -0.367 e. The number of alkyl halides is 3. The number of amides is 3. The van der Waals surface area contributed by atoms with Crippen LogP contribution in [-0.2, 0) is 31.9 Å². The molecule has 130 valence electrons. The molecule has 1 atom stereocenters. The minimum atomic E-state index is -4.40. The fourth-order valence-corrected chi connectivity index (χ4v) is 2.12. The molecule has 0 bridgehead atoms. The van der Waals surface area contributed by atoms with Crippen LogP contribution in [-0.4, -0.2) is 30.4 Å².